The monoisotopic (exact) mass is 297 g/mol. The van der Waals surface area contributed by atoms with Crippen LogP contribution in [0.2, 0.25) is 0 Å². The van der Waals surface area contributed by atoms with E-state index in [-0.39, 0.29) is 6.54 Å². The number of amides is 1. The zero-order chi connectivity index (χ0) is 16.0. The molecule has 6 heteroatoms. The van der Waals surface area contributed by atoms with E-state index in [9.17, 15) is 9.90 Å². The van der Waals surface area contributed by atoms with Crippen LogP contribution in [0.25, 0.3) is 0 Å². The quantitative estimate of drug-likeness (QED) is 0.871. The second-order valence-electron chi connectivity index (χ2n) is 5.54. The van der Waals surface area contributed by atoms with Crippen LogP contribution in [0.1, 0.15) is 32.4 Å². The Labute approximate surface area is 125 Å². The highest BCUT2D eigenvalue weighted by Gasteiger charge is 2.18. The van der Waals surface area contributed by atoms with Gasteiger partial charge in [0.05, 0.1) is 26.9 Å². The van der Waals surface area contributed by atoms with Crippen LogP contribution in [0.3, 0.4) is 0 Å². The number of aliphatic hydroxyl groups excluding tert-OH is 1. The Balaban J connectivity index is 2.67. The van der Waals surface area contributed by atoms with E-state index in [4.69, 9.17) is 14.2 Å². The fourth-order valence-corrected chi connectivity index (χ4v) is 1.63. The van der Waals surface area contributed by atoms with Crippen LogP contribution >= 0.6 is 0 Å². The summed E-state index contributed by atoms with van der Waals surface area (Å²) in [6.45, 7) is 5.35. The van der Waals surface area contributed by atoms with Crippen molar-refractivity contribution in [2.24, 2.45) is 0 Å². The van der Waals surface area contributed by atoms with Crippen LogP contribution in [-0.2, 0) is 4.74 Å². The van der Waals surface area contributed by atoms with E-state index >= 15 is 0 Å². The van der Waals surface area contributed by atoms with Gasteiger partial charge in [-0.15, -0.1) is 0 Å². The SMILES string of the molecule is COc1cc(OC)cc(C(O)CNC(=O)OC(C)(C)C)c1. The van der Waals surface area contributed by atoms with Crippen molar-refractivity contribution < 1.29 is 24.1 Å². The number of ether oxygens (including phenoxy) is 3. The van der Waals surface area contributed by atoms with Gasteiger partial charge in [-0.05, 0) is 38.5 Å². The highest BCUT2D eigenvalue weighted by Crippen LogP contribution is 2.26. The minimum absolute atomic E-state index is 0.0330. The largest absolute Gasteiger partial charge is 0.497 e. The molecular weight excluding hydrogens is 274 g/mol. The fourth-order valence-electron chi connectivity index (χ4n) is 1.63. The Kier molecular flexibility index (Phi) is 5.84. The number of hydrogen-bond donors (Lipinski definition) is 2. The molecule has 1 amide bonds. The molecule has 0 bridgehead atoms. The van der Waals surface area contributed by atoms with Gasteiger partial charge in [-0.1, -0.05) is 0 Å². The van der Waals surface area contributed by atoms with Gasteiger partial charge >= 0.3 is 6.09 Å². The van der Waals surface area contributed by atoms with Crippen molar-refractivity contribution in [1.29, 1.82) is 0 Å². The topological polar surface area (TPSA) is 77.0 Å². The lowest BCUT2D eigenvalue weighted by atomic mass is 10.1. The molecule has 1 atom stereocenters. The second kappa shape index (κ2) is 7.17. The molecule has 0 spiro atoms. The number of aliphatic hydroxyl groups is 1. The molecule has 0 heterocycles. The van der Waals surface area contributed by atoms with E-state index in [1.165, 1.54) is 14.2 Å². The third-order valence-electron chi connectivity index (χ3n) is 2.60. The number of carbonyl (C=O) groups is 1. The van der Waals surface area contributed by atoms with Gasteiger partial charge in [0, 0.05) is 6.07 Å². The Morgan fingerprint density at radius 1 is 1.19 bits per heavy atom. The average molecular weight is 297 g/mol. The smallest absolute Gasteiger partial charge is 0.407 e. The number of rotatable bonds is 5. The molecule has 118 valence electrons. The van der Waals surface area contributed by atoms with Gasteiger partial charge in [0.15, 0.2) is 0 Å². The number of nitrogens with one attached hydrogen (secondary N) is 1. The molecule has 0 aromatic heterocycles. The summed E-state index contributed by atoms with van der Waals surface area (Å²) in [5.41, 5.74) is 0.0102. The van der Waals surface area contributed by atoms with Crippen molar-refractivity contribution in [3.05, 3.63) is 23.8 Å². The lowest BCUT2D eigenvalue weighted by Gasteiger charge is -2.21. The first-order valence-electron chi connectivity index (χ1n) is 6.63. The molecule has 1 aromatic carbocycles. The summed E-state index contributed by atoms with van der Waals surface area (Å²) in [6, 6.07) is 5.07. The summed E-state index contributed by atoms with van der Waals surface area (Å²) in [6.07, 6.45) is -1.46. The van der Waals surface area contributed by atoms with Crippen molar-refractivity contribution in [3.8, 4) is 11.5 Å². The maximum atomic E-state index is 11.5. The van der Waals surface area contributed by atoms with Gasteiger partial charge < -0.3 is 24.6 Å². The van der Waals surface area contributed by atoms with Crippen LogP contribution in [0.15, 0.2) is 18.2 Å². The zero-order valence-corrected chi connectivity index (χ0v) is 13.1. The van der Waals surface area contributed by atoms with Crippen molar-refractivity contribution in [2.75, 3.05) is 20.8 Å². The van der Waals surface area contributed by atoms with E-state index in [1.54, 1.807) is 39.0 Å². The molecule has 2 N–H and O–H groups in total. The highest BCUT2D eigenvalue weighted by molar-refractivity contribution is 5.67. The summed E-state index contributed by atoms with van der Waals surface area (Å²) in [5, 5.41) is 12.6. The van der Waals surface area contributed by atoms with E-state index in [0.29, 0.717) is 17.1 Å². The normalized spacial score (nSPS) is 12.5. The average Bonchev–Trinajstić information content (AvgIpc) is 2.42. The first-order valence-corrected chi connectivity index (χ1v) is 6.63. The molecule has 0 aliphatic carbocycles. The highest BCUT2D eigenvalue weighted by atomic mass is 16.6. The summed E-state index contributed by atoms with van der Waals surface area (Å²) < 4.78 is 15.4. The maximum Gasteiger partial charge on any atom is 0.407 e. The Morgan fingerprint density at radius 3 is 2.14 bits per heavy atom. The predicted octanol–water partition coefficient (Wildman–Crippen LogP) is 2.26. The van der Waals surface area contributed by atoms with Gasteiger partial charge in [0.1, 0.15) is 17.1 Å². The first kappa shape index (κ1) is 17.1. The summed E-state index contributed by atoms with van der Waals surface area (Å²) in [4.78, 5) is 11.5. The van der Waals surface area contributed by atoms with Gasteiger partial charge in [-0.2, -0.15) is 0 Å². The van der Waals surface area contributed by atoms with Gasteiger partial charge in [0.2, 0.25) is 0 Å². The lowest BCUT2D eigenvalue weighted by Crippen LogP contribution is -2.34. The maximum absolute atomic E-state index is 11.5. The molecule has 0 radical (unpaired) electrons. The van der Waals surface area contributed by atoms with Crippen molar-refractivity contribution in [2.45, 2.75) is 32.5 Å². The van der Waals surface area contributed by atoms with E-state index in [2.05, 4.69) is 5.32 Å². The third kappa shape index (κ3) is 5.91. The van der Waals surface area contributed by atoms with E-state index < -0.39 is 17.8 Å². The van der Waals surface area contributed by atoms with Crippen LogP contribution < -0.4 is 14.8 Å². The number of carbonyl (C=O) groups excluding carboxylic acids is 1. The standard InChI is InChI=1S/C15H23NO5/c1-15(2,3)21-14(18)16-9-13(17)10-6-11(19-4)8-12(7-10)20-5/h6-8,13,17H,9H2,1-5H3,(H,16,18). The van der Waals surface area contributed by atoms with Gasteiger partial charge in [-0.3, -0.25) is 0 Å². The number of methoxy groups -OCH3 is 2. The fraction of sp³-hybridized carbons (Fsp3) is 0.533. The summed E-state index contributed by atoms with van der Waals surface area (Å²) in [5.74, 6) is 1.14. The Hall–Kier alpha value is -1.95. The molecule has 0 saturated heterocycles. The predicted molar refractivity (Wildman–Crippen MR) is 78.7 cm³/mol. The Morgan fingerprint density at radius 2 is 1.71 bits per heavy atom. The summed E-state index contributed by atoms with van der Waals surface area (Å²) in [7, 11) is 3.06. The first-order chi connectivity index (χ1) is 9.75. The van der Waals surface area contributed by atoms with E-state index in [1.807, 2.05) is 0 Å². The van der Waals surface area contributed by atoms with Crippen LogP contribution in [0.4, 0.5) is 4.79 Å². The molecular formula is C15H23NO5. The molecule has 1 aromatic rings. The van der Waals surface area contributed by atoms with Crippen molar-refractivity contribution in [3.63, 3.8) is 0 Å². The van der Waals surface area contributed by atoms with Crippen molar-refractivity contribution in [1.82, 2.24) is 5.32 Å². The van der Waals surface area contributed by atoms with Crippen LogP contribution in [-0.4, -0.2) is 37.6 Å². The van der Waals surface area contributed by atoms with Crippen LogP contribution in [0, 0.1) is 0 Å². The molecule has 6 nitrogen and oxygen atoms in total. The number of alkyl carbamates (subject to hydrolysis) is 1. The zero-order valence-electron chi connectivity index (χ0n) is 13.1. The second-order valence-corrected chi connectivity index (χ2v) is 5.54. The molecule has 0 aliphatic rings. The minimum atomic E-state index is -0.887. The lowest BCUT2D eigenvalue weighted by molar-refractivity contribution is 0.0491. The van der Waals surface area contributed by atoms with Gasteiger partial charge in [-0.25, -0.2) is 4.79 Å². The van der Waals surface area contributed by atoms with Crippen molar-refractivity contribution >= 4 is 6.09 Å². The third-order valence-corrected chi connectivity index (χ3v) is 2.60. The molecule has 0 fully saturated rings. The van der Waals surface area contributed by atoms with Crippen LogP contribution in [0.5, 0.6) is 11.5 Å². The number of hydrogen-bond acceptors (Lipinski definition) is 5. The molecule has 0 aliphatic heterocycles. The number of benzene rings is 1. The molecule has 0 saturated carbocycles. The molecule has 21 heavy (non-hydrogen) atoms. The molecule has 1 unspecified atom stereocenters. The Bertz CT molecular complexity index is 459. The summed E-state index contributed by atoms with van der Waals surface area (Å²) >= 11 is 0. The minimum Gasteiger partial charge on any atom is -0.497 e. The van der Waals surface area contributed by atoms with E-state index in [0.717, 1.165) is 0 Å². The van der Waals surface area contributed by atoms with Gasteiger partial charge in [0.25, 0.3) is 0 Å². The molecule has 1 rings (SSSR count).